The Bertz CT molecular complexity index is 952. The van der Waals surface area contributed by atoms with E-state index in [1.807, 2.05) is 6.07 Å². The lowest BCUT2D eigenvalue weighted by Crippen LogP contribution is -2.37. The number of carbonyl (C=O) groups is 1. The first kappa shape index (κ1) is 18.0. The van der Waals surface area contributed by atoms with Crippen LogP contribution in [-0.4, -0.2) is 14.4 Å². The van der Waals surface area contributed by atoms with Gasteiger partial charge in [0, 0.05) is 5.69 Å². The summed E-state index contributed by atoms with van der Waals surface area (Å²) in [6, 6.07) is 10.5. The Morgan fingerprint density at radius 2 is 1.56 bits per heavy atom. The fourth-order valence-corrected chi connectivity index (χ4v) is 5.23. The van der Waals surface area contributed by atoms with Crippen molar-refractivity contribution in [1.82, 2.24) is 4.72 Å². The molecule has 0 spiro atoms. The van der Waals surface area contributed by atoms with Crippen molar-refractivity contribution >= 4 is 21.7 Å². The van der Waals surface area contributed by atoms with Gasteiger partial charge in [0.1, 0.15) is 5.25 Å². The summed E-state index contributed by atoms with van der Waals surface area (Å²) in [7, 11) is -3.82. The SMILES string of the molecule is CC(c1ccccc1)S(=O)(=O)NC(=O)Nc1c2c(cc3c1CCC3)CCC2. The minimum absolute atomic E-state index is 0.652. The number of amides is 2. The Balaban J connectivity index is 1.56. The van der Waals surface area contributed by atoms with E-state index in [9.17, 15) is 13.2 Å². The van der Waals surface area contributed by atoms with Gasteiger partial charge >= 0.3 is 6.03 Å². The maximum absolute atomic E-state index is 12.6. The Morgan fingerprint density at radius 3 is 2.15 bits per heavy atom. The minimum Gasteiger partial charge on any atom is -0.307 e. The third kappa shape index (κ3) is 3.46. The molecular formula is C21H24N2O3S. The summed E-state index contributed by atoms with van der Waals surface area (Å²) in [6.45, 7) is 1.59. The summed E-state index contributed by atoms with van der Waals surface area (Å²) in [6.07, 6.45) is 6.09. The first-order chi connectivity index (χ1) is 13.0. The molecule has 0 bridgehead atoms. The third-order valence-electron chi connectivity index (χ3n) is 5.68. The quantitative estimate of drug-likeness (QED) is 0.840. The molecular weight excluding hydrogens is 360 g/mol. The largest absolute Gasteiger partial charge is 0.332 e. The number of anilines is 1. The molecule has 0 aromatic heterocycles. The molecule has 2 aromatic rings. The van der Waals surface area contributed by atoms with Crippen LogP contribution in [-0.2, 0) is 35.7 Å². The Hall–Kier alpha value is -2.34. The van der Waals surface area contributed by atoms with Crippen molar-refractivity contribution < 1.29 is 13.2 Å². The van der Waals surface area contributed by atoms with Gasteiger partial charge in [-0.25, -0.2) is 17.9 Å². The van der Waals surface area contributed by atoms with Crippen molar-refractivity contribution in [2.75, 3.05) is 5.32 Å². The number of aryl methyl sites for hydroxylation is 2. The highest BCUT2D eigenvalue weighted by Crippen LogP contribution is 2.38. The van der Waals surface area contributed by atoms with E-state index < -0.39 is 21.3 Å². The smallest absolute Gasteiger partial charge is 0.307 e. The van der Waals surface area contributed by atoms with Crippen molar-refractivity contribution in [3.8, 4) is 0 Å². The highest BCUT2D eigenvalue weighted by molar-refractivity contribution is 7.90. The van der Waals surface area contributed by atoms with E-state index in [1.165, 1.54) is 22.3 Å². The number of fused-ring (bicyclic) bond motifs is 2. The van der Waals surface area contributed by atoms with Gasteiger partial charge in [-0.05, 0) is 73.3 Å². The Labute approximate surface area is 160 Å². The fourth-order valence-electron chi connectivity index (χ4n) is 4.23. The van der Waals surface area contributed by atoms with Crippen LogP contribution in [0.4, 0.5) is 10.5 Å². The topological polar surface area (TPSA) is 75.3 Å². The molecule has 27 heavy (non-hydrogen) atoms. The molecule has 5 nitrogen and oxygen atoms in total. The van der Waals surface area contributed by atoms with Gasteiger partial charge in [0.2, 0.25) is 10.0 Å². The van der Waals surface area contributed by atoms with E-state index in [-0.39, 0.29) is 0 Å². The number of benzene rings is 2. The van der Waals surface area contributed by atoms with Crippen LogP contribution in [0, 0.1) is 0 Å². The van der Waals surface area contributed by atoms with Gasteiger partial charge in [-0.1, -0.05) is 36.4 Å². The molecule has 2 amide bonds. The van der Waals surface area contributed by atoms with Gasteiger partial charge in [0.05, 0.1) is 0 Å². The molecule has 1 atom stereocenters. The van der Waals surface area contributed by atoms with Crippen molar-refractivity contribution in [3.63, 3.8) is 0 Å². The number of nitrogens with one attached hydrogen (secondary N) is 2. The Morgan fingerprint density at radius 1 is 0.963 bits per heavy atom. The van der Waals surface area contributed by atoms with Crippen LogP contribution in [0.25, 0.3) is 0 Å². The van der Waals surface area contributed by atoms with Crippen molar-refractivity contribution in [2.24, 2.45) is 0 Å². The molecule has 2 aromatic carbocycles. The lowest BCUT2D eigenvalue weighted by molar-refractivity contribution is 0.256. The predicted octanol–water partition coefficient (Wildman–Crippen LogP) is 3.88. The maximum atomic E-state index is 12.6. The average Bonchev–Trinajstić information content (AvgIpc) is 3.30. The van der Waals surface area contributed by atoms with Crippen molar-refractivity contribution in [1.29, 1.82) is 0 Å². The van der Waals surface area contributed by atoms with Crippen LogP contribution in [0.1, 0.15) is 52.8 Å². The van der Waals surface area contributed by atoms with Crippen LogP contribution in [0.2, 0.25) is 0 Å². The van der Waals surface area contributed by atoms with Crippen molar-refractivity contribution in [2.45, 2.75) is 50.7 Å². The van der Waals surface area contributed by atoms with Gasteiger partial charge in [-0.3, -0.25) is 0 Å². The summed E-state index contributed by atoms with van der Waals surface area (Å²) in [5.41, 5.74) is 6.45. The molecule has 142 valence electrons. The molecule has 0 radical (unpaired) electrons. The zero-order valence-corrected chi connectivity index (χ0v) is 16.2. The first-order valence-corrected chi connectivity index (χ1v) is 11.0. The molecule has 0 fully saturated rings. The van der Waals surface area contributed by atoms with E-state index in [1.54, 1.807) is 31.2 Å². The van der Waals surface area contributed by atoms with Gasteiger partial charge < -0.3 is 5.32 Å². The second-order valence-corrected chi connectivity index (χ2v) is 9.39. The molecule has 0 saturated carbocycles. The minimum atomic E-state index is -3.82. The third-order valence-corrected chi connectivity index (χ3v) is 7.35. The van der Waals surface area contributed by atoms with E-state index in [0.29, 0.717) is 5.56 Å². The number of carbonyl (C=O) groups excluding carboxylic acids is 1. The first-order valence-electron chi connectivity index (χ1n) is 9.50. The van der Waals surface area contributed by atoms with Crippen LogP contribution in [0.3, 0.4) is 0 Å². The zero-order chi connectivity index (χ0) is 19.0. The fraction of sp³-hybridized carbons (Fsp3) is 0.381. The predicted molar refractivity (Wildman–Crippen MR) is 106 cm³/mol. The van der Waals surface area contributed by atoms with Crippen LogP contribution in [0.5, 0.6) is 0 Å². The highest BCUT2D eigenvalue weighted by Gasteiger charge is 2.28. The van der Waals surface area contributed by atoms with Crippen molar-refractivity contribution in [3.05, 3.63) is 64.2 Å². The standard InChI is InChI=1S/C21H24N2O3S/c1-14(15-7-3-2-4-8-15)27(25,26)23-21(24)22-20-18-11-5-9-16(18)13-17-10-6-12-19(17)20/h2-4,7-8,13-14H,5-6,9-12H2,1H3,(H2,22,23,24). The van der Waals surface area contributed by atoms with Gasteiger partial charge in [0.25, 0.3) is 0 Å². The molecule has 2 aliphatic carbocycles. The Kier molecular flexibility index (Phi) is 4.68. The van der Waals surface area contributed by atoms with E-state index in [4.69, 9.17) is 0 Å². The van der Waals surface area contributed by atoms with E-state index >= 15 is 0 Å². The average molecular weight is 385 g/mol. The second kappa shape index (κ2) is 7.00. The molecule has 2 aliphatic rings. The molecule has 4 rings (SSSR count). The zero-order valence-electron chi connectivity index (χ0n) is 15.4. The molecule has 0 saturated heterocycles. The van der Waals surface area contributed by atoms with E-state index in [2.05, 4.69) is 16.1 Å². The number of rotatable bonds is 4. The summed E-state index contributed by atoms with van der Waals surface area (Å²) >= 11 is 0. The number of urea groups is 1. The molecule has 0 heterocycles. The number of hydrogen-bond acceptors (Lipinski definition) is 3. The van der Waals surface area contributed by atoms with Gasteiger partial charge in [-0.2, -0.15) is 0 Å². The molecule has 0 aliphatic heterocycles. The van der Waals surface area contributed by atoms with Crippen LogP contribution < -0.4 is 10.0 Å². The highest BCUT2D eigenvalue weighted by atomic mass is 32.2. The maximum Gasteiger partial charge on any atom is 0.332 e. The van der Waals surface area contributed by atoms with Gasteiger partial charge in [-0.15, -0.1) is 0 Å². The summed E-state index contributed by atoms with van der Waals surface area (Å²) < 4.78 is 27.5. The monoisotopic (exact) mass is 384 g/mol. The lowest BCUT2D eigenvalue weighted by Gasteiger charge is -2.18. The summed E-state index contributed by atoms with van der Waals surface area (Å²) in [4.78, 5) is 12.6. The summed E-state index contributed by atoms with van der Waals surface area (Å²) in [5, 5.41) is 2.07. The van der Waals surface area contributed by atoms with E-state index in [0.717, 1.165) is 44.2 Å². The summed E-state index contributed by atoms with van der Waals surface area (Å²) in [5.74, 6) is 0. The van der Waals surface area contributed by atoms with Crippen LogP contribution >= 0.6 is 0 Å². The molecule has 6 heteroatoms. The lowest BCUT2D eigenvalue weighted by atomic mass is 9.99. The molecule has 2 N–H and O–H groups in total. The second-order valence-electron chi connectivity index (χ2n) is 7.39. The van der Waals surface area contributed by atoms with Crippen LogP contribution in [0.15, 0.2) is 36.4 Å². The molecule has 1 unspecified atom stereocenters. The normalized spacial score (nSPS) is 16.5. The number of hydrogen-bond donors (Lipinski definition) is 2. The number of sulfonamides is 1. The van der Waals surface area contributed by atoms with Gasteiger partial charge in [0.15, 0.2) is 0 Å².